The van der Waals surface area contributed by atoms with Gasteiger partial charge in [0.05, 0.1) is 11.9 Å². The summed E-state index contributed by atoms with van der Waals surface area (Å²) < 4.78 is 0. The highest BCUT2D eigenvalue weighted by Gasteiger charge is 2.34. The lowest BCUT2D eigenvalue weighted by Gasteiger charge is -2.28. The predicted octanol–water partition coefficient (Wildman–Crippen LogP) is 2.54. The highest BCUT2D eigenvalue weighted by atomic mass is 16.1. The summed E-state index contributed by atoms with van der Waals surface area (Å²) >= 11 is 0. The van der Waals surface area contributed by atoms with Crippen LogP contribution in [0.3, 0.4) is 0 Å². The van der Waals surface area contributed by atoms with Gasteiger partial charge in [0.25, 0.3) is 0 Å². The van der Waals surface area contributed by atoms with Crippen LogP contribution in [0.2, 0.25) is 0 Å². The van der Waals surface area contributed by atoms with Crippen LogP contribution in [0.5, 0.6) is 0 Å². The molecule has 2 unspecified atom stereocenters. The van der Waals surface area contributed by atoms with E-state index in [0.29, 0.717) is 24.4 Å². The van der Waals surface area contributed by atoms with Crippen LogP contribution in [0.15, 0.2) is 18.3 Å². The third-order valence-corrected chi connectivity index (χ3v) is 5.51. The molecule has 0 saturated carbocycles. The third-order valence-electron chi connectivity index (χ3n) is 5.51. The Morgan fingerprint density at radius 3 is 2.61 bits per heavy atom. The standard InChI is InChI=1S/C18H26N4O/c23-18(11-13-9-14-3-4-15(10-13)20-14)21-16-5-6-17(19-12-16)22-7-1-2-8-22/h5-6,12-15,20H,1-4,7-11H2,(H,21,23). The van der Waals surface area contributed by atoms with Gasteiger partial charge < -0.3 is 15.5 Å². The molecule has 23 heavy (non-hydrogen) atoms. The smallest absolute Gasteiger partial charge is 0.224 e. The van der Waals surface area contributed by atoms with Gasteiger partial charge in [0.1, 0.15) is 5.82 Å². The molecule has 1 amide bonds. The second-order valence-corrected chi connectivity index (χ2v) is 7.33. The maximum absolute atomic E-state index is 12.3. The number of pyridine rings is 1. The Morgan fingerprint density at radius 1 is 1.22 bits per heavy atom. The normalized spacial score (nSPS) is 29.7. The number of hydrogen-bond donors (Lipinski definition) is 2. The van der Waals surface area contributed by atoms with Gasteiger partial charge in [-0.1, -0.05) is 0 Å². The van der Waals surface area contributed by atoms with E-state index >= 15 is 0 Å². The van der Waals surface area contributed by atoms with Crippen LogP contribution < -0.4 is 15.5 Å². The van der Waals surface area contributed by atoms with Crippen molar-refractivity contribution in [2.24, 2.45) is 5.92 Å². The highest BCUT2D eigenvalue weighted by Crippen LogP contribution is 2.32. The van der Waals surface area contributed by atoms with Crippen molar-refractivity contribution in [2.45, 2.75) is 57.0 Å². The fourth-order valence-electron chi connectivity index (χ4n) is 4.41. The van der Waals surface area contributed by atoms with Crippen LogP contribution in [0.1, 0.15) is 44.9 Å². The van der Waals surface area contributed by atoms with E-state index < -0.39 is 0 Å². The van der Waals surface area contributed by atoms with Gasteiger partial charge >= 0.3 is 0 Å². The van der Waals surface area contributed by atoms with E-state index in [-0.39, 0.29) is 5.91 Å². The van der Waals surface area contributed by atoms with Gasteiger partial charge in [0, 0.05) is 31.6 Å². The fraction of sp³-hybridized carbons (Fsp3) is 0.667. The molecule has 2 atom stereocenters. The number of nitrogens with zero attached hydrogens (tertiary/aromatic N) is 2. The Balaban J connectivity index is 1.30. The summed E-state index contributed by atoms with van der Waals surface area (Å²) in [6, 6.07) is 5.29. The zero-order valence-electron chi connectivity index (χ0n) is 13.6. The number of carbonyl (C=O) groups is 1. The van der Waals surface area contributed by atoms with Crippen molar-refractivity contribution in [1.82, 2.24) is 10.3 Å². The van der Waals surface area contributed by atoms with Crippen molar-refractivity contribution in [1.29, 1.82) is 0 Å². The summed E-state index contributed by atoms with van der Waals surface area (Å²) in [6.07, 6.45) is 9.79. The van der Waals surface area contributed by atoms with Crippen molar-refractivity contribution in [2.75, 3.05) is 23.3 Å². The molecule has 4 rings (SSSR count). The Bertz CT molecular complexity index is 541. The minimum Gasteiger partial charge on any atom is -0.357 e. The SMILES string of the molecule is O=C(CC1CC2CCC(C1)N2)Nc1ccc(N2CCCC2)nc1. The zero-order valence-corrected chi connectivity index (χ0v) is 13.6. The molecular formula is C18H26N4O. The molecule has 3 saturated heterocycles. The first kappa shape index (κ1) is 14.9. The van der Waals surface area contributed by atoms with E-state index in [1.54, 1.807) is 6.20 Å². The maximum atomic E-state index is 12.3. The monoisotopic (exact) mass is 314 g/mol. The summed E-state index contributed by atoms with van der Waals surface area (Å²) in [5.74, 6) is 1.69. The average molecular weight is 314 g/mol. The Labute approximate surface area is 137 Å². The second kappa shape index (κ2) is 6.48. The van der Waals surface area contributed by atoms with Crippen molar-refractivity contribution >= 4 is 17.4 Å². The van der Waals surface area contributed by atoms with Crippen LogP contribution in [-0.2, 0) is 4.79 Å². The van der Waals surface area contributed by atoms with Gasteiger partial charge in [0.15, 0.2) is 0 Å². The third kappa shape index (κ3) is 3.50. The number of piperidine rings is 1. The number of hydrogen-bond acceptors (Lipinski definition) is 4. The van der Waals surface area contributed by atoms with Crippen LogP contribution in [0.4, 0.5) is 11.5 Å². The minimum atomic E-state index is 0.132. The molecule has 5 nitrogen and oxygen atoms in total. The van der Waals surface area contributed by atoms with E-state index in [0.717, 1.165) is 37.4 Å². The van der Waals surface area contributed by atoms with Crippen molar-refractivity contribution in [3.05, 3.63) is 18.3 Å². The molecule has 0 aliphatic carbocycles. The van der Waals surface area contributed by atoms with E-state index in [1.807, 2.05) is 12.1 Å². The first-order valence-electron chi connectivity index (χ1n) is 9.03. The number of amides is 1. The van der Waals surface area contributed by atoms with Crippen LogP contribution in [0.25, 0.3) is 0 Å². The van der Waals surface area contributed by atoms with Crippen LogP contribution >= 0.6 is 0 Å². The summed E-state index contributed by atoms with van der Waals surface area (Å²) in [5, 5.41) is 6.65. The molecule has 3 fully saturated rings. The number of rotatable bonds is 4. The number of carbonyl (C=O) groups excluding carboxylic acids is 1. The van der Waals surface area contributed by atoms with Gasteiger partial charge in [-0.15, -0.1) is 0 Å². The van der Waals surface area contributed by atoms with Crippen molar-refractivity contribution in [3.8, 4) is 0 Å². The fourth-order valence-corrected chi connectivity index (χ4v) is 4.41. The summed E-state index contributed by atoms with van der Waals surface area (Å²) in [7, 11) is 0. The summed E-state index contributed by atoms with van der Waals surface area (Å²) in [4.78, 5) is 19.1. The predicted molar refractivity (Wildman–Crippen MR) is 91.6 cm³/mol. The first-order valence-corrected chi connectivity index (χ1v) is 9.03. The second-order valence-electron chi connectivity index (χ2n) is 7.33. The number of aromatic nitrogens is 1. The van der Waals surface area contributed by atoms with Crippen LogP contribution in [-0.4, -0.2) is 36.1 Å². The Morgan fingerprint density at radius 2 is 1.96 bits per heavy atom. The molecule has 3 aliphatic heterocycles. The number of fused-ring (bicyclic) bond motifs is 2. The largest absolute Gasteiger partial charge is 0.357 e. The minimum absolute atomic E-state index is 0.132. The average Bonchev–Trinajstić information content (AvgIpc) is 3.18. The topological polar surface area (TPSA) is 57.3 Å². The summed E-state index contributed by atoms with van der Waals surface area (Å²) in [6.45, 7) is 2.19. The van der Waals surface area contributed by atoms with Crippen molar-refractivity contribution in [3.63, 3.8) is 0 Å². The molecule has 0 aromatic carbocycles. The van der Waals surface area contributed by atoms with E-state index in [4.69, 9.17) is 0 Å². The lowest BCUT2D eigenvalue weighted by atomic mass is 9.89. The van der Waals surface area contributed by atoms with Crippen molar-refractivity contribution < 1.29 is 4.79 Å². The van der Waals surface area contributed by atoms with Gasteiger partial charge in [-0.25, -0.2) is 4.98 Å². The van der Waals surface area contributed by atoms with Gasteiger partial charge in [0.2, 0.25) is 5.91 Å². The lowest BCUT2D eigenvalue weighted by Crippen LogP contribution is -2.39. The van der Waals surface area contributed by atoms with E-state index in [9.17, 15) is 4.79 Å². The zero-order chi connectivity index (χ0) is 15.6. The maximum Gasteiger partial charge on any atom is 0.224 e. The quantitative estimate of drug-likeness (QED) is 0.897. The van der Waals surface area contributed by atoms with E-state index in [2.05, 4.69) is 20.5 Å². The van der Waals surface area contributed by atoms with Gasteiger partial charge in [-0.3, -0.25) is 4.79 Å². The molecule has 3 aliphatic rings. The molecule has 5 heteroatoms. The molecule has 1 aromatic rings. The van der Waals surface area contributed by atoms with E-state index in [1.165, 1.54) is 25.7 Å². The molecule has 4 heterocycles. The number of nitrogens with one attached hydrogen (secondary N) is 2. The lowest BCUT2D eigenvalue weighted by molar-refractivity contribution is -0.117. The number of anilines is 2. The summed E-state index contributed by atoms with van der Waals surface area (Å²) in [5.41, 5.74) is 0.815. The molecule has 1 aromatic heterocycles. The van der Waals surface area contributed by atoms with Crippen LogP contribution in [0, 0.1) is 5.92 Å². The van der Waals surface area contributed by atoms with Gasteiger partial charge in [-0.05, 0) is 56.6 Å². The molecule has 2 N–H and O–H groups in total. The first-order chi connectivity index (χ1) is 11.3. The molecule has 124 valence electrons. The molecular weight excluding hydrogens is 288 g/mol. The molecule has 2 bridgehead atoms. The van der Waals surface area contributed by atoms with Gasteiger partial charge in [-0.2, -0.15) is 0 Å². The molecule has 0 spiro atoms. The Hall–Kier alpha value is -1.62. The molecule has 0 radical (unpaired) electrons. The Kier molecular flexibility index (Phi) is 4.21. The highest BCUT2D eigenvalue weighted by molar-refractivity contribution is 5.90.